The van der Waals surface area contributed by atoms with Crippen LogP contribution < -0.4 is 15.9 Å². The van der Waals surface area contributed by atoms with Crippen LogP contribution in [0.5, 0.6) is 5.75 Å². The smallest absolute Gasteiger partial charge is 0.251 e. The minimum atomic E-state index is -0.557. The monoisotopic (exact) mass is 430 g/mol. The van der Waals surface area contributed by atoms with Gasteiger partial charge in [0.15, 0.2) is 17.3 Å². The topological polar surface area (TPSA) is 100 Å². The van der Waals surface area contributed by atoms with Gasteiger partial charge in [0, 0.05) is 18.5 Å². The molecule has 0 aliphatic heterocycles. The van der Waals surface area contributed by atoms with Crippen molar-refractivity contribution in [2.75, 3.05) is 7.11 Å². The van der Waals surface area contributed by atoms with Crippen LogP contribution in [0.15, 0.2) is 95.3 Å². The molecule has 2 N–H and O–H groups in total. The van der Waals surface area contributed by atoms with Crippen LogP contribution in [-0.4, -0.2) is 32.4 Å². The first-order chi connectivity index (χ1) is 15.6. The van der Waals surface area contributed by atoms with Gasteiger partial charge in [-0.3, -0.25) is 4.79 Å². The van der Waals surface area contributed by atoms with Crippen molar-refractivity contribution in [1.82, 2.24) is 19.6 Å². The molecule has 0 fully saturated rings. The lowest BCUT2D eigenvalue weighted by atomic mass is 10.2. The number of nitrogens with two attached hydrogens (primary N) is 1. The average molecular weight is 430 g/mol. The van der Waals surface area contributed by atoms with E-state index in [4.69, 9.17) is 10.5 Å². The van der Waals surface area contributed by atoms with E-state index in [1.807, 2.05) is 18.2 Å². The Kier molecular flexibility index (Phi) is 5.89. The third kappa shape index (κ3) is 4.17. The number of aromatic nitrogens is 4. The molecule has 4 aromatic rings. The van der Waals surface area contributed by atoms with Gasteiger partial charge in [-0.1, -0.05) is 18.2 Å². The second-order valence-electron chi connectivity index (χ2n) is 6.60. The molecule has 0 atom stereocenters. The van der Waals surface area contributed by atoms with E-state index in [1.54, 1.807) is 42.7 Å². The van der Waals surface area contributed by atoms with E-state index in [2.05, 4.69) is 15.2 Å². The summed E-state index contributed by atoms with van der Waals surface area (Å²) >= 11 is 0. The molecule has 32 heavy (non-hydrogen) atoms. The fraction of sp³-hybridized carbons (Fsp3) is 0.0435. The Morgan fingerprint density at radius 1 is 1.16 bits per heavy atom. The summed E-state index contributed by atoms with van der Waals surface area (Å²) in [4.78, 5) is 17.4. The van der Waals surface area contributed by atoms with Crippen molar-refractivity contribution in [3.05, 3.63) is 107 Å². The SMILES string of the molecule is COc1cn(-c2ccc(-n3cccn3)cc2F)nc(C(C=CN)=Nc2ccccc2)c1=O. The molecule has 4 rings (SSSR count). The summed E-state index contributed by atoms with van der Waals surface area (Å²) in [5, 5.41) is 8.44. The van der Waals surface area contributed by atoms with E-state index in [1.165, 1.54) is 41.0 Å². The maximum absolute atomic E-state index is 15.0. The first-order valence-electron chi connectivity index (χ1n) is 9.61. The van der Waals surface area contributed by atoms with E-state index < -0.39 is 11.2 Å². The zero-order valence-corrected chi connectivity index (χ0v) is 17.1. The summed E-state index contributed by atoms with van der Waals surface area (Å²) in [6, 6.07) is 15.3. The number of hydrogen-bond donors (Lipinski definition) is 1. The molecule has 0 saturated carbocycles. The molecular formula is C23H19FN6O2. The molecule has 160 valence electrons. The molecule has 0 spiro atoms. The highest BCUT2D eigenvalue weighted by molar-refractivity contribution is 6.08. The van der Waals surface area contributed by atoms with Crippen LogP contribution in [0.3, 0.4) is 0 Å². The van der Waals surface area contributed by atoms with E-state index in [0.717, 1.165) is 0 Å². The Bertz CT molecular complexity index is 1340. The Morgan fingerprint density at radius 2 is 1.97 bits per heavy atom. The van der Waals surface area contributed by atoms with Gasteiger partial charge in [-0.2, -0.15) is 10.2 Å². The quantitative estimate of drug-likeness (QED) is 0.474. The van der Waals surface area contributed by atoms with Gasteiger partial charge in [-0.25, -0.2) is 18.7 Å². The number of ether oxygens (including phenoxy) is 1. The first-order valence-corrected chi connectivity index (χ1v) is 9.61. The van der Waals surface area contributed by atoms with Crippen LogP contribution >= 0.6 is 0 Å². The lowest BCUT2D eigenvalue weighted by Gasteiger charge is -2.12. The summed E-state index contributed by atoms with van der Waals surface area (Å²) in [5.74, 6) is -0.574. The number of benzene rings is 2. The zero-order chi connectivity index (χ0) is 22.5. The summed E-state index contributed by atoms with van der Waals surface area (Å²) in [6.45, 7) is 0. The highest BCUT2D eigenvalue weighted by Crippen LogP contribution is 2.19. The minimum absolute atomic E-state index is 0.0169. The molecule has 9 heteroatoms. The van der Waals surface area contributed by atoms with Crippen molar-refractivity contribution in [3.8, 4) is 17.1 Å². The molecule has 2 heterocycles. The van der Waals surface area contributed by atoms with E-state index >= 15 is 4.39 Å². The van der Waals surface area contributed by atoms with Crippen LogP contribution in [0.25, 0.3) is 11.4 Å². The van der Waals surface area contributed by atoms with Crippen molar-refractivity contribution < 1.29 is 9.13 Å². The van der Waals surface area contributed by atoms with E-state index in [-0.39, 0.29) is 22.8 Å². The molecule has 0 aliphatic rings. The van der Waals surface area contributed by atoms with Gasteiger partial charge >= 0.3 is 0 Å². The number of para-hydroxylation sites is 1. The molecule has 0 bridgehead atoms. The molecule has 0 aliphatic carbocycles. The van der Waals surface area contributed by atoms with Crippen LogP contribution in [0.2, 0.25) is 0 Å². The minimum Gasteiger partial charge on any atom is -0.491 e. The van der Waals surface area contributed by atoms with Crippen molar-refractivity contribution in [2.24, 2.45) is 10.7 Å². The summed E-state index contributed by atoms with van der Waals surface area (Å²) in [6.07, 6.45) is 7.34. The van der Waals surface area contributed by atoms with Crippen molar-refractivity contribution in [1.29, 1.82) is 0 Å². The fourth-order valence-electron chi connectivity index (χ4n) is 3.05. The largest absolute Gasteiger partial charge is 0.491 e. The molecule has 0 unspecified atom stereocenters. The lowest BCUT2D eigenvalue weighted by Crippen LogP contribution is -2.23. The normalized spacial score (nSPS) is 11.8. The zero-order valence-electron chi connectivity index (χ0n) is 17.1. The number of allylic oxidation sites excluding steroid dienone is 1. The highest BCUT2D eigenvalue weighted by atomic mass is 19.1. The van der Waals surface area contributed by atoms with Crippen LogP contribution in [0.4, 0.5) is 10.1 Å². The summed E-state index contributed by atoms with van der Waals surface area (Å²) < 4.78 is 23.0. The Morgan fingerprint density at radius 3 is 2.62 bits per heavy atom. The van der Waals surface area contributed by atoms with Crippen LogP contribution in [0.1, 0.15) is 5.69 Å². The molecule has 2 aromatic heterocycles. The van der Waals surface area contributed by atoms with E-state index in [0.29, 0.717) is 11.4 Å². The standard InChI is InChI=1S/C23H19FN6O2/c1-32-21-15-30(20-9-8-17(14-18(20)24)29-13-5-12-26-29)28-22(23(21)31)19(10-11-25)27-16-6-3-2-4-7-16/h2-15H,25H2,1H3. The Balaban J connectivity index is 1.86. The van der Waals surface area contributed by atoms with Gasteiger partial charge in [-0.05, 0) is 42.6 Å². The average Bonchev–Trinajstić information content (AvgIpc) is 3.35. The molecule has 2 aromatic carbocycles. The molecule has 8 nitrogen and oxygen atoms in total. The Hall–Kier alpha value is -4.53. The van der Waals surface area contributed by atoms with Crippen LogP contribution in [-0.2, 0) is 0 Å². The van der Waals surface area contributed by atoms with Gasteiger partial charge in [0.2, 0.25) is 0 Å². The maximum atomic E-state index is 15.0. The third-order valence-electron chi connectivity index (χ3n) is 4.56. The number of halogens is 1. The van der Waals surface area contributed by atoms with Gasteiger partial charge in [0.25, 0.3) is 5.43 Å². The summed E-state index contributed by atoms with van der Waals surface area (Å²) in [5.41, 5.74) is 6.53. The van der Waals surface area contributed by atoms with Crippen molar-refractivity contribution in [2.45, 2.75) is 0 Å². The Labute approximate surface area is 182 Å². The predicted octanol–water partition coefficient (Wildman–Crippen LogP) is 3.16. The first kappa shape index (κ1) is 20.7. The predicted molar refractivity (Wildman–Crippen MR) is 119 cm³/mol. The second-order valence-corrected chi connectivity index (χ2v) is 6.60. The van der Waals surface area contributed by atoms with Crippen molar-refractivity contribution >= 4 is 11.4 Å². The molecule has 0 saturated heterocycles. The van der Waals surface area contributed by atoms with Crippen molar-refractivity contribution in [3.63, 3.8) is 0 Å². The number of methoxy groups -OCH3 is 1. The lowest BCUT2D eigenvalue weighted by molar-refractivity contribution is 0.404. The van der Waals surface area contributed by atoms with Gasteiger partial charge in [0.05, 0.1) is 30.4 Å². The van der Waals surface area contributed by atoms with Gasteiger partial charge < -0.3 is 10.5 Å². The van der Waals surface area contributed by atoms with Gasteiger partial charge in [0.1, 0.15) is 5.69 Å². The van der Waals surface area contributed by atoms with Gasteiger partial charge in [-0.15, -0.1) is 0 Å². The second kappa shape index (κ2) is 9.09. The highest BCUT2D eigenvalue weighted by Gasteiger charge is 2.17. The fourth-order valence-corrected chi connectivity index (χ4v) is 3.05. The third-order valence-corrected chi connectivity index (χ3v) is 4.56. The molecule has 0 radical (unpaired) electrons. The summed E-state index contributed by atoms with van der Waals surface area (Å²) in [7, 11) is 1.36. The van der Waals surface area contributed by atoms with E-state index in [9.17, 15) is 4.79 Å². The maximum Gasteiger partial charge on any atom is 0.251 e. The molecular weight excluding hydrogens is 411 g/mol. The molecule has 0 amide bonds. The number of aliphatic imine (C=N–C) groups is 1. The van der Waals surface area contributed by atoms with Crippen LogP contribution in [0, 0.1) is 5.82 Å². The number of nitrogens with zero attached hydrogens (tertiary/aromatic N) is 5. The number of hydrogen-bond acceptors (Lipinski definition) is 6. The number of rotatable bonds is 6.